The lowest BCUT2D eigenvalue weighted by molar-refractivity contribution is -0.159. The normalized spacial score (nSPS) is 24.9. The van der Waals surface area contributed by atoms with Crippen LogP contribution in [0.1, 0.15) is 36.5 Å². The van der Waals surface area contributed by atoms with E-state index in [2.05, 4.69) is 12.1 Å². The van der Waals surface area contributed by atoms with E-state index in [1.807, 2.05) is 12.1 Å². The van der Waals surface area contributed by atoms with Gasteiger partial charge in [0.15, 0.2) is 0 Å². The van der Waals surface area contributed by atoms with Crippen LogP contribution < -0.4 is 0 Å². The molecular formula is C16H20O4. The molecule has 108 valence electrons. The van der Waals surface area contributed by atoms with E-state index < -0.39 is 11.4 Å². The van der Waals surface area contributed by atoms with Crippen molar-refractivity contribution in [1.82, 2.24) is 0 Å². The van der Waals surface area contributed by atoms with Crippen LogP contribution in [0.2, 0.25) is 0 Å². The Balaban J connectivity index is 1.85. The molecule has 0 bridgehead atoms. The predicted octanol–water partition coefficient (Wildman–Crippen LogP) is 2.57. The number of aliphatic carboxylic acids is 1. The van der Waals surface area contributed by atoms with Crippen molar-refractivity contribution in [2.75, 3.05) is 19.8 Å². The second-order valence-electron chi connectivity index (χ2n) is 5.71. The second-order valence-corrected chi connectivity index (χ2v) is 5.71. The van der Waals surface area contributed by atoms with Gasteiger partial charge in [0.05, 0.1) is 18.1 Å². The molecule has 2 heterocycles. The van der Waals surface area contributed by atoms with Crippen molar-refractivity contribution in [3.63, 3.8) is 0 Å². The first-order valence-corrected chi connectivity index (χ1v) is 7.22. The third-order valence-corrected chi connectivity index (χ3v) is 4.57. The van der Waals surface area contributed by atoms with Crippen LogP contribution in [0.15, 0.2) is 24.3 Å². The molecule has 0 aromatic heterocycles. The van der Waals surface area contributed by atoms with Crippen LogP contribution in [0.3, 0.4) is 0 Å². The van der Waals surface area contributed by atoms with Crippen LogP contribution >= 0.6 is 0 Å². The Bertz CT molecular complexity index is 491. The Labute approximate surface area is 118 Å². The van der Waals surface area contributed by atoms with Gasteiger partial charge in [-0.05, 0) is 36.8 Å². The average Bonchev–Trinajstić information content (AvgIpc) is 2.48. The number of hydrogen-bond acceptors (Lipinski definition) is 3. The van der Waals surface area contributed by atoms with Crippen molar-refractivity contribution < 1.29 is 19.4 Å². The summed E-state index contributed by atoms with van der Waals surface area (Å²) in [7, 11) is 0. The summed E-state index contributed by atoms with van der Waals surface area (Å²) in [5.74, 6) is -0.715. The zero-order chi connectivity index (χ0) is 14.0. The van der Waals surface area contributed by atoms with Gasteiger partial charge in [-0.2, -0.15) is 0 Å². The quantitative estimate of drug-likeness (QED) is 0.922. The van der Waals surface area contributed by atoms with Gasteiger partial charge in [0.2, 0.25) is 0 Å². The van der Waals surface area contributed by atoms with Gasteiger partial charge in [0.25, 0.3) is 0 Å². The lowest BCUT2D eigenvalue weighted by atomic mass is 9.74. The molecular weight excluding hydrogens is 256 g/mol. The lowest BCUT2D eigenvalue weighted by Gasteiger charge is -2.37. The molecule has 1 saturated heterocycles. The smallest absolute Gasteiger partial charge is 0.309 e. The van der Waals surface area contributed by atoms with E-state index in [1.165, 1.54) is 5.56 Å². The fourth-order valence-electron chi connectivity index (χ4n) is 3.27. The predicted molar refractivity (Wildman–Crippen MR) is 73.6 cm³/mol. The number of hydrogen-bond donors (Lipinski definition) is 1. The molecule has 0 amide bonds. The van der Waals surface area contributed by atoms with Gasteiger partial charge in [-0.25, -0.2) is 0 Å². The van der Waals surface area contributed by atoms with Gasteiger partial charge >= 0.3 is 5.97 Å². The molecule has 0 spiro atoms. The molecule has 20 heavy (non-hydrogen) atoms. The fraction of sp³-hybridized carbons (Fsp3) is 0.562. The number of fused-ring (bicyclic) bond motifs is 1. The molecule has 1 N–H and O–H groups in total. The average molecular weight is 276 g/mol. The zero-order valence-corrected chi connectivity index (χ0v) is 11.5. The molecule has 1 aromatic rings. The molecule has 4 heteroatoms. The molecule has 4 nitrogen and oxygen atoms in total. The van der Waals surface area contributed by atoms with Crippen molar-refractivity contribution in [2.24, 2.45) is 5.41 Å². The number of ether oxygens (including phenoxy) is 2. The van der Waals surface area contributed by atoms with Gasteiger partial charge in [0, 0.05) is 13.2 Å². The van der Waals surface area contributed by atoms with Crippen LogP contribution in [-0.4, -0.2) is 30.9 Å². The Morgan fingerprint density at radius 2 is 2.00 bits per heavy atom. The minimum atomic E-state index is -0.715. The number of carboxylic acids is 1. The van der Waals surface area contributed by atoms with Crippen molar-refractivity contribution in [2.45, 2.75) is 31.8 Å². The Hall–Kier alpha value is -1.39. The molecule has 0 radical (unpaired) electrons. The van der Waals surface area contributed by atoms with Crippen LogP contribution in [0.4, 0.5) is 0 Å². The first-order valence-electron chi connectivity index (χ1n) is 7.22. The van der Waals surface area contributed by atoms with Crippen molar-refractivity contribution in [3.05, 3.63) is 35.4 Å². The first-order chi connectivity index (χ1) is 9.71. The topological polar surface area (TPSA) is 55.8 Å². The molecule has 1 atom stereocenters. The summed E-state index contributed by atoms with van der Waals surface area (Å²) in [6.45, 7) is 1.73. The number of carbonyl (C=O) groups is 1. The highest BCUT2D eigenvalue weighted by Crippen LogP contribution is 2.42. The first kappa shape index (κ1) is 13.6. The molecule has 1 unspecified atom stereocenters. The fourth-order valence-corrected chi connectivity index (χ4v) is 3.27. The lowest BCUT2D eigenvalue weighted by Crippen LogP contribution is -2.39. The standard InChI is InChI=1S/C16H20O4/c17-15(18)16(6-9-19-10-7-16)11-14-13-4-2-1-3-12(13)5-8-20-14/h1-4,14H,5-11H2,(H,17,18). The number of benzene rings is 1. The summed E-state index contributed by atoms with van der Waals surface area (Å²) in [5.41, 5.74) is 1.75. The summed E-state index contributed by atoms with van der Waals surface area (Å²) in [6, 6.07) is 8.21. The highest BCUT2D eigenvalue weighted by molar-refractivity contribution is 5.74. The second kappa shape index (κ2) is 5.54. The van der Waals surface area contributed by atoms with E-state index in [1.54, 1.807) is 0 Å². The van der Waals surface area contributed by atoms with Crippen LogP contribution in [0.25, 0.3) is 0 Å². The third-order valence-electron chi connectivity index (χ3n) is 4.57. The maximum absolute atomic E-state index is 11.8. The number of rotatable bonds is 3. The maximum Gasteiger partial charge on any atom is 0.309 e. The maximum atomic E-state index is 11.8. The Morgan fingerprint density at radius 1 is 1.25 bits per heavy atom. The van der Waals surface area contributed by atoms with Crippen molar-refractivity contribution in [1.29, 1.82) is 0 Å². The minimum absolute atomic E-state index is 0.103. The summed E-state index contributed by atoms with van der Waals surface area (Å²) in [5, 5.41) is 9.66. The summed E-state index contributed by atoms with van der Waals surface area (Å²) in [4.78, 5) is 11.8. The highest BCUT2D eigenvalue weighted by atomic mass is 16.5. The van der Waals surface area contributed by atoms with Gasteiger partial charge in [-0.3, -0.25) is 4.79 Å². The van der Waals surface area contributed by atoms with Crippen LogP contribution in [0.5, 0.6) is 0 Å². The zero-order valence-electron chi connectivity index (χ0n) is 11.5. The third kappa shape index (κ3) is 2.45. The van der Waals surface area contributed by atoms with Crippen molar-refractivity contribution in [3.8, 4) is 0 Å². The Morgan fingerprint density at radius 3 is 2.75 bits per heavy atom. The van der Waals surface area contributed by atoms with E-state index in [0.717, 1.165) is 12.0 Å². The van der Waals surface area contributed by atoms with Gasteiger partial charge in [0.1, 0.15) is 0 Å². The molecule has 0 saturated carbocycles. The monoisotopic (exact) mass is 276 g/mol. The van der Waals surface area contributed by atoms with E-state index in [9.17, 15) is 9.90 Å². The minimum Gasteiger partial charge on any atom is -0.481 e. The molecule has 0 aliphatic carbocycles. The van der Waals surface area contributed by atoms with E-state index >= 15 is 0 Å². The van der Waals surface area contributed by atoms with Gasteiger partial charge in [-0.1, -0.05) is 24.3 Å². The van der Waals surface area contributed by atoms with E-state index in [-0.39, 0.29) is 6.10 Å². The highest BCUT2D eigenvalue weighted by Gasteiger charge is 2.43. The van der Waals surface area contributed by atoms with Crippen LogP contribution in [0, 0.1) is 5.41 Å². The summed E-state index contributed by atoms with van der Waals surface area (Å²) in [6.07, 6.45) is 2.50. The summed E-state index contributed by atoms with van der Waals surface area (Å²) < 4.78 is 11.2. The summed E-state index contributed by atoms with van der Waals surface area (Å²) >= 11 is 0. The Kier molecular flexibility index (Phi) is 3.76. The SMILES string of the molecule is O=C(O)C1(CC2OCCc3ccccc32)CCOCC1. The molecule has 3 rings (SSSR count). The van der Waals surface area contributed by atoms with Crippen LogP contribution in [-0.2, 0) is 20.7 Å². The van der Waals surface area contributed by atoms with E-state index in [4.69, 9.17) is 9.47 Å². The molecule has 1 aromatic carbocycles. The van der Waals surface area contributed by atoms with Crippen molar-refractivity contribution >= 4 is 5.97 Å². The van der Waals surface area contributed by atoms with E-state index in [0.29, 0.717) is 39.1 Å². The molecule has 1 fully saturated rings. The number of carboxylic acid groups (broad SMARTS) is 1. The van der Waals surface area contributed by atoms with Gasteiger partial charge in [-0.15, -0.1) is 0 Å². The van der Waals surface area contributed by atoms with Gasteiger partial charge < -0.3 is 14.6 Å². The molecule has 2 aliphatic heterocycles. The largest absolute Gasteiger partial charge is 0.481 e. The molecule has 2 aliphatic rings.